The summed E-state index contributed by atoms with van der Waals surface area (Å²) in [4.78, 5) is 34.4. The van der Waals surface area contributed by atoms with Crippen molar-refractivity contribution in [2.45, 2.75) is 12.3 Å². The molecule has 3 aromatic rings. The minimum absolute atomic E-state index is 0.0423. The van der Waals surface area contributed by atoms with Crippen molar-refractivity contribution in [1.29, 1.82) is 0 Å². The van der Waals surface area contributed by atoms with Crippen molar-refractivity contribution in [2.75, 3.05) is 13.2 Å². The number of carboxylic acids is 1. The molecule has 0 saturated heterocycles. The van der Waals surface area contributed by atoms with E-state index in [1.807, 2.05) is 48.5 Å². The number of carbonyl (C=O) groups excluding carboxylic acids is 1. The first kappa shape index (κ1) is 22.0. The molecule has 0 spiro atoms. The third-order valence-electron chi connectivity index (χ3n) is 5.79. The van der Waals surface area contributed by atoms with Crippen molar-refractivity contribution < 1.29 is 24.4 Å². The Morgan fingerprint density at radius 1 is 1.00 bits per heavy atom. The van der Waals surface area contributed by atoms with Crippen LogP contribution in [0.3, 0.4) is 0 Å². The normalized spacial score (nSPS) is 13.0. The number of hydrogen-bond donors (Lipinski definition) is 2. The number of nitro groups is 1. The second kappa shape index (κ2) is 9.52. The Bertz CT molecular complexity index is 1160. The number of aliphatic carboxylic acids is 1. The van der Waals surface area contributed by atoms with E-state index in [0.717, 1.165) is 22.3 Å². The first-order valence-electron chi connectivity index (χ1n) is 10.5. The lowest BCUT2D eigenvalue weighted by molar-refractivity contribution is -0.384. The predicted octanol–water partition coefficient (Wildman–Crippen LogP) is 4.38. The van der Waals surface area contributed by atoms with Gasteiger partial charge < -0.3 is 15.2 Å². The molecule has 0 saturated carbocycles. The molecule has 0 fully saturated rings. The number of ether oxygens (including phenoxy) is 1. The molecular formula is C25H22N2O6. The molecule has 33 heavy (non-hydrogen) atoms. The zero-order valence-corrected chi connectivity index (χ0v) is 17.6. The number of non-ortho nitro benzene ring substituents is 1. The largest absolute Gasteiger partial charge is 0.481 e. The summed E-state index contributed by atoms with van der Waals surface area (Å²) in [6.07, 6.45) is -0.664. The average Bonchev–Trinajstić information content (AvgIpc) is 3.14. The van der Waals surface area contributed by atoms with Gasteiger partial charge in [-0.2, -0.15) is 0 Å². The summed E-state index contributed by atoms with van der Waals surface area (Å²) in [6.45, 7) is -0.0306. The Kier molecular flexibility index (Phi) is 6.35. The van der Waals surface area contributed by atoms with Gasteiger partial charge in [-0.25, -0.2) is 4.79 Å². The number of benzene rings is 3. The van der Waals surface area contributed by atoms with Gasteiger partial charge in [-0.15, -0.1) is 0 Å². The summed E-state index contributed by atoms with van der Waals surface area (Å²) in [5.41, 5.74) is 4.79. The van der Waals surface area contributed by atoms with E-state index in [2.05, 4.69) is 5.32 Å². The van der Waals surface area contributed by atoms with Crippen LogP contribution in [0.5, 0.6) is 0 Å². The molecule has 1 amide bonds. The van der Waals surface area contributed by atoms with Gasteiger partial charge >= 0.3 is 12.1 Å². The fourth-order valence-corrected chi connectivity index (χ4v) is 4.18. The van der Waals surface area contributed by atoms with Gasteiger partial charge in [-0.05, 0) is 34.2 Å². The topological polar surface area (TPSA) is 119 Å². The highest BCUT2D eigenvalue weighted by atomic mass is 16.6. The minimum Gasteiger partial charge on any atom is -0.481 e. The highest BCUT2D eigenvalue weighted by Crippen LogP contribution is 2.44. The first-order valence-corrected chi connectivity index (χ1v) is 10.5. The Morgan fingerprint density at radius 2 is 1.64 bits per heavy atom. The predicted molar refractivity (Wildman–Crippen MR) is 121 cm³/mol. The van der Waals surface area contributed by atoms with Crippen LogP contribution >= 0.6 is 0 Å². The van der Waals surface area contributed by atoms with E-state index in [0.29, 0.717) is 5.56 Å². The average molecular weight is 446 g/mol. The number of amides is 1. The van der Waals surface area contributed by atoms with Crippen LogP contribution in [-0.4, -0.2) is 35.2 Å². The standard InChI is InChI=1S/C25H22N2O6/c28-24(29)17(12-16-6-5-7-18(13-16)27(31)32)14-26-25(30)33-15-23-21-10-3-1-8-19(21)20-9-2-4-11-22(20)23/h1-11,13,17,23H,12,14-15H2,(H,26,30)(H,28,29)/t17-/m1/s1. The van der Waals surface area contributed by atoms with Gasteiger partial charge in [-0.3, -0.25) is 14.9 Å². The number of alkyl carbamates (subject to hydrolysis) is 1. The second-order valence-corrected chi connectivity index (χ2v) is 7.87. The Morgan fingerprint density at radius 3 is 2.24 bits per heavy atom. The lowest BCUT2D eigenvalue weighted by Gasteiger charge is -2.16. The van der Waals surface area contributed by atoms with Gasteiger partial charge in [0.1, 0.15) is 6.61 Å². The zero-order chi connectivity index (χ0) is 23.4. The molecule has 168 valence electrons. The summed E-state index contributed by atoms with van der Waals surface area (Å²) in [5, 5.41) is 23.0. The molecule has 3 aromatic carbocycles. The summed E-state index contributed by atoms with van der Waals surface area (Å²) >= 11 is 0. The van der Waals surface area contributed by atoms with Gasteiger partial charge in [0.15, 0.2) is 0 Å². The van der Waals surface area contributed by atoms with Crippen molar-refractivity contribution >= 4 is 17.7 Å². The maximum absolute atomic E-state index is 12.3. The van der Waals surface area contributed by atoms with Crippen molar-refractivity contribution in [3.63, 3.8) is 0 Å². The summed E-state index contributed by atoms with van der Waals surface area (Å²) < 4.78 is 5.44. The van der Waals surface area contributed by atoms with Crippen LogP contribution in [0, 0.1) is 16.0 Å². The maximum Gasteiger partial charge on any atom is 0.407 e. The van der Waals surface area contributed by atoms with Crippen molar-refractivity contribution in [3.8, 4) is 11.1 Å². The highest BCUT2D eigenvalue weighted by molar-refractivity contribution is 5.79. The van der Waals surface area contributed by atoms with Crippen LogP contribution in [0.1, 0.15) is 22.6 Å². The number of rotatable bonds is 8. The minimum atomic E-state index is -1.11. The fraction of sp³-hybridized carbons (Fsp3) is 0.200. The van der Waals surface area contributed by atoms with Crippen molar-refractivity contribution in [1.82, 2.24) is 5.32 Å². The fourth-order valence-electron chi connectivity index (χ4n) is 4.18. The third kappa shape index (κ3) is 4.85. The van der Waals surface area contributed by atoms with E-state index in [-0.39, 0.29) is 31.2 Å². The van der Waals surface area contributed by atoms with Crippen LogP contribution in [0.4, 0.5) is 10.5 Å². The summed E-state index contributed by atoms with van der Waals surface area (Å²) in [7, 11) is 0. The maximum atomic E-state index is 12.3. The van der Waals surface area contributed by atoms with Crippen LogP contribution in [-0.2, 0) is 16.0 Å². The first-order chi connectivity index (χ1) is 15.9. The number of nitrogens with zero attached hydrogens (tertiary/aromatic N) is 1. The SMILES string of the molecule is O=C(NC[C@@H](Cc1cccc([N+](=O)[O-])c1)C(=O)O)OCC1c2ccccc2-c2ccccc21. The van der Waals surface area contributed by atoms with Crippen molar-refractivity contribution in [3.05, 3.63) is 99.6 Å². The molecule has 0 bridgehead atoms. The van der Waals surface area contributed by atoms with E-state index in [1.165, 1.54) is 18.2 Å². The molecule has 0 heterocycles. The van der Waals surface area contributed by atoms with E-state index >= 15 is 0 Å². The van der Waals surface area contributed by atoms with E-state index in [9.17, 15) is 24.8 Å². The third-order valence-corrected chi connectivity index (χ3v) is 5.79. The molecular weight excluding hydrogens is 424 g/mol. The summed E-state index contributed by atoms with van der Waals surface area (Å²) in [5.74, 6) is -2.16. The number of carboxylic acid groups (broad SMARTS) is 1. The van der Waals surface area contributed by atoms with Crippen molar-refractivity contribution in [2.24, 2.45) is 5.92 Å². The molecule has 1 aliphatic carbocycles. The molecule has 1 atom stereocenters. The van der Waals surface area contributed by atoms with Gasteiger partial charge in [0.2, 0.25) is 0 Å². The quantitative estimate of drug-likeness (QED) is 0.392. The Balaban J connectivity index is 1.36. The van der Waals surface area contributed by atoms with Crippen LogP contribution in [0.2, 0.25) is 0 Å². The zero-order valence-electron chi connectivity index (χ0n) is 17.6. The Hall–Kier alpha value is -4.20. The Labute approximate surface area is 190 Å². The van der Waals surface area contributed by atoms with E-state index in [4.69, 9.17) is 4.74 Å². The number of fused-ring (bicyclic) bond motifs is 3. The summed E-state index contributed by atoms with van der Waals surface area (Å²) in [6, 6.07) is 21.8. The lowest BCUT2D eigenvalue weighted by atomic mass is 9.98. The molecule has 1 aliphatic rings. The second-order valence-electron chi connectivity index (χ2n) is 7.87. The van der Waals surface area contributed by atoms with Gasteiger partial charge in [-0.1, -0.05) is 60.7 Å². The molecule has 0 aromatic heterocycles. The van der Waals surface area contributed by atoms with Gasteiger partial charge in [0, 0.05) is 24.6 Å². The number of nitro benzene ring substituents is 1. The number of hydrogen-bond acceptors (Lipinski definition) is 5. The molecule has 8 nitrogen and oxygen atoms in total. The molecule has 8 heteroatoms. The molecule has 2 N–H and O–H groups in total. The smallest absolute Gasteiger partial charge is 0.407 e. The highest BCUT2D eigenvalue weighted by Gasteiger charge is 2.29. The molecule has 4 rings (SSSR count). The van der Waals surface area contributed by atoms with Gasteiger partial charge in [0.05, 0.1) is 10.8 Å². The van der Waals surface area contributed by atoms with Gasteiger partial charge in [0.25, 0.3) is 5.69 Å². The van der Waals surface area contributed by atoms with E-state index < -0.39 is 22.9 Å². The number of nitrogens with one attached hydrogen (secondary N) is 1. The van der Waals surface area contributed by atoms with Crippen LogP contribution in [0.15, 0.2) is 72.8 Å². The van der Waals surface area contributed by atoms with Crippen LogP contribution < -0.4 is 5.32 Å². The lowest BCUT2D eigenvalue weighted by Crippen LogP contribution is -2.35. The molecule has 0 aliphatic heterocycles. The molecule has 0 unspecified atom stereocenters. The monoisotopic (exact) mass is 446 g/mol. The van der Waals surface area contributed by atoms with E-state index in [1.54, 1.807) is 6.07 Å². The van der Waals surface area contributed by atoms with Crippen LogP contribution in [0.25, 0.3) is 11.1 Å². The number of carbonyl (C=O) groups is 2. The molecule has 0 radical (unpaired) electrons.